The maximum atomic E-state index is 12.1. The lowest BCUT2D eigenvalue weighted by molar-refractivity contribution is 0.0979. The van der Waals surface area contributed by atoms with Gasteiger partial charge in [-0.25, -0.2) is 0 Å². The molecule has 0 aromatic heterocycles. The molecular weight excluding hydrogens is 299 g/mol. The SMILES string of the molecule is CCCCC(=O)c1cccc(COc2ccc3c(c2)CCB3O)c1. The summed E-state index contributed by atoms with van der Waals surface area (Å²) in [5.41, 5.74) is 3.95. The largest absolute Gasteiger partial charge is 0.489 e. The van der Waals surface area contributed by atoms with E-state index in [4.69, 9.17) is 4.74 Å². The molecule has 3 rings (SSSR count). The zero-order valence-electron chi connectivity index (χ0n) is 14.1. The lowest BCUT2D eigenvalue weighted by Gasteiger charge is -2.10. The third kappa shape index (κ3) is 3.88. The Balaban J connectivity index is 1.64. The van der Waals surface area contributed by atoms with Gasteiger partial charge in [-0.15, -0.1) is 0 Å². The van der Waals surface area contributed by atoms with E-state index < -0.39 is 0 Å². The highest BCUT2D eigenvalue weighted by molar-refractivity contribution is 6.68. The van der Waals surface area contributed by atoms with E-state index in [9.17, 15) is 9.82 Å². The summed E-state index contributed by atoms with van der Waals surface area (Å²) in [4.78, 5) is 12.1. The van der Waals surface area contributed by atoms with E-state index in [0.717, 1.165) is 47.9 Å². The van der Waals surface area contributed by atoms with Gasteiger partial charge in [0.2, 0.25) is 0 Å². The first-order valence-corrected chi connectivity index (χ1v) is 8.73. The van der Waals surface area contributed by atoms with Crippen LogP contribution in [0.2, 0.25) is 6.32 Å². The summed E-state index contributed by atoms with van der Waals surface area (Å²) in [6.07, 6.45) is 4.26. The molecule has 3 nitrogen and oxygen atoms in total. The van der Waals surface area contributed by atoms with Crippen LogP contribution in [-0.2, 0) is 13.0 Å². The highest BCUT2D eigenvalue weighted by Crippen LogP contribution is 2.20. The second-order valence-corrected chi connectivity index (χ2v) is 6.43. The molecule has 2 aromatic carbocycles. The predicted octanol–water partition coefficient (Wildman–Crippen LogP) is 3.39. The average Bonchev–Trinajstić information content (AvgIpc) is 2.98. The van der Waals surface area contributed by atoms with Gasteiger partial charge in [0.05, 0.1) is 0 Å². The van der Waals surface area contributed by atoms with Crippen molar-refractivity contribution in [1.29, 1.82) is 0 Å². The smallest absolute Gasteiger partial charge is 0.324 e. The average molecular weight is 322 g/mol. The number of ether oxygens (including phenoxy) is 1. The van der Waals surface area contributed by atoms with E-state index in [1.54, 1.807) is 0 Å². The van der Waals surface area contributed by atoms with Gasteiger partial charge in [-0.2, -0.15) is 0 Å². The Morgan fingerprint density at radius 3 is 2.96 bits per heavy atom. The molecular formula is C20H23BO3. The monoisotopic (exact) mass is 322 g/mol. The van der Waals surface area contributed by atoms with Gasteiger partial charge >= 0.3 is 6.92 Å². The molecule has 0 fully saturated rings. The molecule has 124 valence electrons. The molecule has 0 amide bonds. The fraction of sp³-hybridized carbons (Fsp3) is 0.350. The number of hydrogen-bond acceptors (Lipinski definition) is 3. The van der Waals surface area contributed by atoms with Crippen LogP contribution in [0.5, 0.6) is 5.75 Å². The zero-order valence-corrected chi connectivity index (χ0v) is 14.1. The first-order valence-electron chi connectivity index (χ1n) is 8.73. The van der Waals surface area contributed by atoms with Crippen molar-refractivity contribution < 1.29 is 14.6 Å². The molecule has 0 spiro atoms. The third-order valence-electron chi connectivity index (χ3n) is 4.57. The standard InChI is InChI=1S/C20H23BO3/c1-2-3-7-20(22)17-6-4-5-15(12-17)14-24-18-8-9-19-16(13-18)10-11-21(19)23/h4-6,8-9,12-13,23H,2-3,7,10-11,14H2,1H3. The number of ketones is 1. The topological polar surface area (TPSA) is 46.5 Å². The Morgan fingerprint density at radius 2 is 2.12 bits per heavy atom. The summed E-state index contributed by atoms with van der Waals surface area (Å²) in [5.74, 6) is 1.01. The van der Waals surface area contributed by atoms with Gasteiger partial charge in [0.25, 0.3) is 0 Å². The third-order valence-corrected chi connectivity index (χ3v) is 4.57. The van der Waals surface area contributed by atoms with Crippen molar-refractivity contribution >= 4 is 18.2 Å². The van der Waals surface area contributed by atoms with Crippen LogP contribution in [0.3, 0.4) is 0 Å². The van der Waals surface area contributed by atoms with Crippen LogP contribution in [0.25, 0.3) is 0 Å². The van der Waals surface area contributed by atoms with Gasteiger partial charge in [-0.3, -0.25) is 4.79 Å². The summed E-state index contributed by atoms with van der Waals surface area (Å²) in [6.45, 7) is 2.20. The van der Waals surface area contributed by atoms with E-state index in [2.05, 4.69) is 6.92 Å². The quantitative estimate of drug-likeness (QED) is 0.628. The predicted molar refractivity (Wildman–Crippen MR) is 97.2 cm³/mol. The zero-order chi connectivity index (χ0) is 16.9. The molecule has 1 N–H and O–H groups in total. The molecule has 0 radical (unpaired) electrons. The molecule has 0 atom stereocenters. The second-order valence-electron chi connectivity index (χ2n) is 6.43. The normalized spacial score (nSPS) is 13.0. The first kappa shape index (κ1) is 16.8. The Bertz CT molecular complexity index is 727. The van der Waals surface area contributed by atoms with Gasteiger partial charge in [-0.1, -0.05) is 37.6 Å². The summed E-state index contributed by atoms with van der Waals surface area (Å²) in [7, 11) is 0. The lowest BCUT2D eigenvalue weighted by atomic mass is 9.63. The molecule has 2 aromatic rings. The van der Waals surface area contributed by atoms with Crippen LogP contribution in [-0.4, -0.2) is 17.7 Å². The van der Waals surface area contributed by atoms with Crippen molar-refractivity contribution in [3.05, 3.63) is 59.2 Å². The van der Waals surface area contributed by atoms with Crippen LogP contribution in [0.1, 0.15) is 47.7 Å². The minimum absolute atomic E-state index is 0.199. The van der Waals surface area contributed by atoms with Crippen molar-refractivity contribution in [3.8, 4) is 5.75 Å². The van der Waals surface area contributed by atoms with Crippen LogP contribution < -0.4 is 10.2 Å². The van der Waals surface area contributed by atoms with Gasteiger partial charge in [0, 0.05) is 12.0 Å². The highest BCUT2D eigenvalue weighted by Gasteiger charge is 2.24. The van der Waals surface area contributed by atoms with Crippen molar-refractivity contribution in [2.24, 2.45) is 0 Å². The van der Waals surface area contributed by atoms with Gasteiger partial charge < -0.3 is 9.76 Å². The van der Waals surface area contributed by atoms with Crippen LogP contribution >= 0.6 is 0 Å². The number of fused-ring (bicyclic) bond motifs is 1. The second kappa shape index (κ2) is 7.67. The number of carbonyl (C=O) groups excluding carboxylic acids is 1. The van der Waals surface area contributed by atoms with E-state index >= 15 is 0 Å². The van der Waals surface area contributed by atoms with Crippen molar-refractivity contribution in [2.75, 3.05) is 0 Å². The first-order chi connectivity index (χ1) is 11.7. The molecule has 0 saturated heterocycles. The molecule has 0 unspecified atom stereocenters. The molecule has 1 aliphatic heterocycles. The number of aryl methyl sites for hydroxylation is 1. The molecule has 0 aliphatic carbocycles. The number of benzene rings is 2. The number of hydrogen-bond donors (Lipinski definition) is 1. The number of carbonyl (C=O) groups is 1. The minimum Gasteiger partial charge on any atom is -0.489 e. The highest BCUT2D eigenvalue weighted by atomic mass is 16.5. The van der Waals surface area contributed by atoms with E-state index in [1.807, 2.05) is 42.5 Å². The summed E-state index contributed by atoms with van der Waals surface area (Å²) >= 11 is 0. The fourth-order valence-corrected chi connectivity index (χ4v) is 3.14. The number of rotatable bonds is 7. The number of Topliss-reactive ketones (excluding diaryl/α,β-unsaturated/α-hetero) is 1. The molecule has 0 saturated carbocycles. The van der Waals surface area contributed by atoms with Crippen molar-refractivity contribution in [1.82, 2.24) is 0 Å². The summed E-state index contributed by atoms with van der Waals surface area (Å²) < 4.78 is 5.88. The molecule has 24 heavy (non-hydrogen) atoms. The van der Waals surface area contributed by atoms with Crippen LogP contribution in [0, 0.1) is 0 Å². The molecule has 1 heterocycles. The van der Waals surface area contributed by atoms with E-state index in [0.29, 0.717) is 13.0 Å². The number of unbranched alkanes of at least 4 members (excludes halogenated alkanes) is 1. The van der Waals surface area contributed by atoms with Crippen LogP contribution in [0.15, 0.2) is 42.5 Å². The molecule has 1 aliphatic rings. The van der Waals surface area contributed by atoms with Crippen molar-refractivity contribution in [2.45, 2.75) is 45.5 Å². The Morgan fingerprint density at radius 1 is 1.25 bits per heavy atom. The van der Waals surface area contributed by atoms with E-state index in [1.165, 1.54) is 5.56 Å². The molecule has 4 heteroatoms. The Hall–Kier alpha value is -2.07. The minimum atomic E-state index is -0.333. The van der Waals surface area contributed by atoms with Gasteiger partial charge in [0.15, 0.2) is 5.78 Å². The fourth-order valence-electron chi connectivity index (χ4n) is 3.14. The van der Waals surface area contributed by atoms with E-state index in [-0.39, 0.29) is 12.7 Å². The Kier molecular flexibility index (Phi) is 5.36. The lowest BCUT2D eigenvalue weighted by Crippen LogP contribution is -2.25. The maximum Gasteiger partial charge on any atom is 0.324 e. The summed E-state index contributed by atoms with van der Waals surface area (Å²) in [5, 5.41) is 9.85. The van der Waals surface area contributed by atoms with Crippen LogP contribution in [0.4, 0.5) is 0 Å². The Labute approximate surface area is 143 Å². The molecule has 0 bridgehead atoms. The van der Waals surface area contributed by atoms with Gasteiger partial charge in [0.1, 0.15) is 12.4 Å². The maximum absolute atomic E-state index is 12.1. The van der Waals surface area contributed by atoms with Gasteiger partial charge in [-0.05, 0) is 54.0 Å². The van der Waals surface area contributed by atoms with Crippen molar-refractivity contribution in [3.63, 3.8) is 0 Å². The summed E-state index contributed by atoms with van der Waals surface area (Å²) in [6, 6.07) is 13.6.